The number of hydrogen-bond acceptors (Lipinski definition) is 2. The summed E-state index contributed by atoms with van der Waals surface area (Å²) in [7, 11) is 0. The van der Waals surface area contributed by atoms with Gasteiger partial charge in [0.05, 0.1) is 5.75 Å². The Labute approximate surface area is 114 Å². The molecule has 0 spiro atoms. The summed E-state index contributed by atoms with van der Waals surface area (Å²) in [6, 6.07) is 4.22. The second-order valence-corrected chi connectivity index (χ2v) is 6.70. The van der Waals surface area contributed by atoms with Gasteiger partial charge in [-0.25, -0.2) is 0 Å². The van der Waals surface area contributed by atoms with Gasteiger partial charge in [0.1, 0.15) is 0 Å². The van der Waals surface area contributed by atoms with Crippen molar-refractivity contribution in [1.29, 1.82) is 0 Å². The Balaban J connectivity index is 2.04. The summed E-state index contributed by atoms with van der Waals surface area (Å²) >= 11 is 1.86. The molecule has 1 aromatic rings. The van der Waals surface area contributed by atoms with Gasteiger partial charge in [0.25, 0.3) is 0 Å². The third kappa shape index (κ3) is 3.17. The monoisotopic (exact) mass is 262 g/mol. The topological polar surface area (TPSA) is 17.1 Å². The van der Waals surface area contributed by atoms with Crippen LogP contribution in [0.5, 0.6) is 0 Å². The molecule has 0 aromatic heterocycles. The number of aryl methyl sites for hydroxylation is 3. The summed E-state index contributed by atoms with van der Waals surface area (Å²) in [5, 5.41) is 0.722. The molecule has 0 atom stereocenters. The van der Waals surface area contributed by atoms with Crippen LogP contribution < -0.4 is 0 Å². The predicted octanol–water partition coefficient (Wildman–Crippen LogP) is 4.47. The molecule has 1 aliphatic carbocycles. The first kappa shape index (κ1) is 13.7. The molecule has 1 aliphatic rings. The molecular weight excluding hydrogens is 240 g/mol. The van der Waals surface area contributed by atoms with Crippen molar-refractivity contribution in [2.24, 2.45) is 0 Å². The Bertz CT molecular complexity index is 421. The van der Waals surface area contributed by atoms with Gasteiger partial charge in [-0.3, -0.25) is 4.79 Å². The van der Waals surface area contributed by atoms with E-state index in [0.717, 1.165) is 21.9 Å². The smallest absolute Gasteiger partial charge is 0.173 e. The fraction of sp³-hybridized carbons (Fsp3) is 0.562. The van der Waals surface area contributed by atoms with Gasteiger partial charge in [0.15, 0.2) is 5.78 Å². The van der Waals surface area contributed by atoms with Crippen molar-refractivity contribution >= 4 is 17.5 Å². The summed E-state index contributed by atoms with van der Waals surface area (Å²) in [4.78, 5) is 12.3. The van der Waals surface area contributed by atoms with Crippen molar-refractivity contribution in [2.45, 2.75) is 51.7 Å². The maximum absolute atomic E-state index is 12.3. The van der Waals surface area contributed by atoms with E-state index < -0.39 is 0 Å². The SMILES string of the molecule is Cc1cc(C)c(C(=O)CSC2CCCC2)c(C)c1. The van der Waals surface area contributed by atoms with Crippen LogP contribution in [0.1, 0.15) is 52.7 Å². The first-order valence-electron chi connectivity index (χ1n) is 6.80. The maximum atomic E-state index is 12.3. The first-order valence-corrected chi connectivity index (χ1v) is 7.85. The number of carbonyl (C=O) groups is 1. The van der Waals surface area contributed by atoms with Crippen LogP contribution in [0.3, 0.4) is 0 Å². The Morgan fingerprint density at radius 3 is 2.28 bits per heavy atom. The normalized spacial score (nSPS) is 16.2. The molecule has 2 rings (SSSR count). The van der Waals surface area contributed by atoms with E-state index in [4.69, 9.17) is 0 Å². The summed E-state index contributed by atoms with van der Waals surface area (Å²) in [5.41, 5.74) is 4.45. The van der Waals surface area contributed by atoms with Gasteiger partial charge in [-0.05, 0) is 44.7 Å². The van der Waals surface area contributed by atoms with Crippen LogP contribution in [-0.2, 0) is 0 Å². The first-order chi connectivity index (χ1) is 8.58. The molecule has 0 radical (unpaired) electrons. The lowest BCUT2D eigenvalue weighted by Crippen LogP contribution is -2.10. The molecule has 0 heterocycles. The Morgan fingerprint density at radius 1 is 1.17 bits per heavy atom. The van der Waals surface area contributed by atoms with Crippen LogP contribution in [0.25, 0.3) is 0 Å². The zero-order valence-corrected chi connectivity index (χ0v) is 12.4. The molecule has 0 aliphatic heterocycles. The predicted molar refractivity (Wildman–Crippen MR) is 79.7 cm³/mol. The number of hydrogen-bond donors (Lipinski definition) is 0. The van der Waals surface area contributed by atoms with E-state index in [1.807, 2.05) is 25.6 Å². The molecule has 2 heteroatoms. The zero-order valence-electron chi connectivity index (χ0n) is 11.6. The molecule has 18 heavy (non-hydrogen) atoms. The maximum Gasteiger partial charge on any atom is 0.173 e. The second kappa shape index (κ2) is 5.92. The lowest BCUT2D eigenvalue weighted by atomic mass is 9.97. The third-order valence-corrected chi connectivity index (χ3v) is 5.08. The molecule has 1 fully saturated rings. The Kier molecular flexibility index (Phi) is 4.50. The molecule has 98 valence electrons. The van der Waals surface area contributed by atoms with Crippen LogP contribution in [0.4, 0.5) is 0 Å². The largest absolute Gasteiger partial charge is 0.293 e. The molecule has 0 bridgehead atoms. The van der Waals surface area contributed by atoms with Crippen molar-refractivity contribution < 1.29 is 4.79 Å². The zero-order chi connectivity index (χ0) is 13.1. The molecule has 0 unspecified atom stereocenters. The fourth-order valence-electron chi connectivity index (χ4n) is 2.94. The van der Waals surface area contributed by atoms with Gasteiger partial charge in [-0.2, -0.15) is 11.8 Å². The van der Waals surface area contributed by atoms with E-state index in [0.29, 0.717) is 11.5 Å². The van der Waals surface area contributed by atoms with Crippen molar-refractivity contribution in [3.05, 3.63) is 34.4 Å². The van der Waals surface area contributed by atoms with Crippen LogP contribution in [0.15, 0.2) is 12.1 Å². The molecule has 1 aromatic carbocycles. The third-order valence-electron chi connectivity index (χ3n) is 3.71. The van der Waals surface area contributed by atoms with Crippen molar-refractivity contribution in [3.8, 4) is 0 Å². The second-order valence-electron chi connectivity index (χ2n) is 5.41. The lowest BCUT2D eigenvalue weighted by Gasteiger charge is -2.12. The van der Waals surface area contributed by atoms with Gasteiger partial charge in [-0.15, -0.1) is 0 Å². The van der Waals surface area contributed by atoms with Crippen molar-refractivity contribution in [2.75, 3.05) is 5.75 Å². The Hall–Kier alpha value is -0.760. The van der Waals surface area contributed by atoms with E-state index in [-0.39, 0.29) is 0 Å². The van der Waals surface area contributed by atoms with Gasteiger partial charge in [0, 0.05) is 10.8 Å². The van der Waals surface area contributed by atoms with Gasteiger partial charge in [-0.1, -0.05) is 30.5 Å². The molecule has 0 amide bonds. The Morgan fingerprint density at radius 2 is 1.72 bits per heavy atom. The van der Waals surface area contributed by atoms with Crippen LogP contribution in [0, 0.1) is 20.8 Å². The molecule has 0 saturated heterocycles. The van der Waals surface area contributed by atoms with Crippen LogP contribution >= 0.6 is 11.8 Å². The number of rotatable bonds is 4. The van der Waals surface area contributed by atoms with E-state index in [1.165, 1.54) is 31.2 Å². The van der Waals surface area contributed by atoms with Crippen molar-refractivity contribution in [3.63, 3.8) is 0 Å². The average Bonchev–Trinajstić information content (AvgIpc) is 2.77. The number of Topliss-reactive ketones (excluding diaryl/α,β-unsaturated/α-hetero) is 1. The summed E-state index contributed by atoms with van der Waals surface area (Å²) in [6.45, 7) is 6.18. The minimum Gasteiger partial charge on any atom is -0.293 e. The highest BCUT2D eigenvalue weighted by atomic mass is 32.2. The molecule has 1 nitrogen and oxygen atoms in total. The van der Waals surface area contributed by atoms with Gasteiger partial charge in [0.2, 0.25) is 0 Å². The average molecular weight is 262 g/mol. The fourth-order valence-corrected chi connectivity index (χ4v) is 4.14. The quantitative estimate of drug-likeness (QED) is 0.745. The summed E-state index contributed by atoms with van der Waals surface area (Å²) in [6.07, 6.45) is 5.27. The number of ketones is 1. The van der Waals surface area contributed by atoms with E-state index in [2.05, 4.69) is 19.1 Å². The van der Waals surface area contributed by atoms with E-state index >= 15 is 0 Å². The summed E-state index contributed by atoms with van der Waals surface area (Å²) in [5.74, 6) is 0.956. The minimum atomic E-state index is 0.307. The van der Waals surface area contributed by atoms with E-state index in [9.17, 15) is 4.79 Å². The highest BCUT2D eigenvalue weighted by molar-refractivity contribution is 8.00. The van der Waals surface area contributed by atoms with Crippen LogP contribution in [-0.4, -0.2) is 16.8 Å². The molecular formula is C16H22OS. The minimum absolute atomic E-state index is 0.307. The van der Waals surface area contributed by atoms with Crippen molar-refractivity contribution in [1.82, 2.24) is 0 Å². The van der Waals surface area contributed by atoms with Gasteiger partial charge >= 0.3 is 0 Å². The van der Waals surface area contributed by atoms with Crippen LogP contribution in [0.2, 0.25) is 0 Å². The lowest BCUT2D eigenvalue weighted by molar-refractivity contribution is 0.102. The number of carbonyl (C=O) groups excluding carboxylic acids is 1. The van der Waals surface area contributed by atoms with E-state index in [1.54, 1.807) is 0 Å². The standard InChI is InChI=1S/C16H22OS/c1-11-8-12(2)16(13(3)9-11)15(17)10-18-14-6-4-5-7-14/h8-9,14H,4-7,10H2,1-3H3. The molecule has 0 N–H and O–H groups in total. The number of benzene rings is 1. The summed E-state index contributed by atoms with van der Waals surface area (Å²) < 4.78 is 0. The highest BCUT2D eigenvalue weighted by Gasteiger charge is 2.19. The molecule has 1 saturated carbocycles. The number of thioether (sulfide) groups is 1. The van der Waals surface area contributed by atoms with Gasteiger partial charge < -0.3 is 0 Å². The highest BCUT2D eigenvalue weighted by Crippen LogP contribution is 2.30.